The molecule has 0 bridgehead atoms. The van der Waals surface area contributed by atoms with Crippen molar-refractivity contribution in [3.05, 3.63) is 486 Å². The maximum Gasteiger partial charge on any atom is 0.238 e. The van der Waals surface area contributed by atoms with Gasteiger partial charge in [-0.3, -0.25) is 9.55 Å². The van der Waals surface area contributed by atoms with E-state index in [9.17, 15) is 0 Å². The molecule has 0 aliphatic rings. The van der Waals surface area contributed by atoms with Gasteiger partial charge in [0.05, 0.1) is 66.2 Å². The van der Waals surface area contributed by atoms with Crippen LogP contribution in [0.4, 0.5) is 0 Å². The molecule has 8 aromatic heterocycles. The smallest absolute Gasteiger partial charge is 0.238 e. The molecule has 10 heteroatoms. The molecular formula is C122H80N10. The van der Waals surface area contributed by atoms with Crippen molar-refractivity contribution in [2.24, 2.45) is 0 Å². The molecule has 0 amide bonds. The van der Waals surface area contributed by atoms with Gasteiger partial charge in [-0.25, -0.2) is 4.98 Å². The minimum atomic E-state index is 0.590. The zero-order chi connectivity index (χ0) is 87.1. The minimum absolute atomic E-state index is 0.590. The summed E-state index contributed by atoms with van der Waals surface area (Å²) in [7, 11) is 0. The second kappa shape index (κ2) is 32.2. The van der Waals surface area contributed by atoms with E-state index in [0.717, 1.165) is 77.8 Å². The van der Waals surface area contributed by atoms with E-state index < -0.39 is 0 Å². The number of benzene rings is 19. The normalized spacial score (nSPS) is 11.6. The summed E-state index contributed by atoms with van der Waals surface area (Å²) in [6.07, 6.45) is 3.93. The second-order valence-corrected chi connectivity index (χ2v) is 33.7. The van der Waals surface area contributed by atoms with Crippen LogP contribution in [0.5, 0.6) is 0 Å². The summed E-state index contributed by atoms with van der Waals surface area (Å²) in [6, 6.07) is 168. The maximum atomic E-state index is 5.08. The highest BCUT2D eigenvalue weighted by Gasteiger charge is 2.24. The molecule has 0 N–H and O–H groups in total. The first-order chi connectivity index (χ1) is 65.5. The fraction of sp³-hybridized carbons (Fsp3) is 0. The third kappa shape index (κ3) is 13.2. The Morgan fingerprint density at radius 2 is 0.341 bits per heavy atom. The predicted molar refractivity (Wildman–Crippen MR) is 549 cm³/mol. The average Bonchev–Trinajstić information content (AvgIpc) is 1.59. The van der Waals surface area contributed by atoms with Gasteiger partial charge in [-0.05, 0) is 197 Å². The summed E-state index contributed by atoms with van der Waals surface area (Å²) in [5.74, 6) is 1.87. The molecule has 10 nitrogen and oxygen atoms in total. The second-order valence-electron chi connectivity index (χ2n) is 33.7. The highest BCUT2D eigenvalue weighted by molar-refractivity contribution is 6.16. The Hall–Kier alpha value is -17.9. The number of hydrogen-bond acceptors (Lipinski definition) is 4. The van der Waals surface area contributed by atoms with Gasteiger partial charge in [0.2, 0.25) is 5.95 Å². The molecule has 0 aliphatic carbocycles. The first kappa shape index (κ1) is 76.6. The van der Waals surface area contributed by atoms with Crippen LogP contribution in [0.25, 0.3) is 233 Å². The SMILES string of the molecule is c1cc(-c2cncc(-c3cccc(-n4c5ccccc5c5ccccc54)c3)c2)cc(-n2c3ccccc3c3ccccc32)c1.c1ccc(-c2nc(-c3ccccc3)nc(-n3c4ccccc4c4cc(-c5ccc6c(c5)c5ccccc5n6-c5ccccc5)ccc43)n2)cc1.c1ccc(-n2c3ccccc3c3cc(-c4ccc5c(c4)c4ccccc4n5-c4ccccc4)ccc32)cc1. The van der Waals surface area contributed by atoms with Crippen molar-refractivity contribution in [1.82, 2.24) is 47.3 Å². The summed E-state index contributed by atoms with van der Waals surface area (Å²) in [4.78, 5) is 19.8. The zero-order valence-electron chi connectivity index (χ0n) is 71.7. The fourth-order valence-corrected chi connectivity index (χ4v) is 20.1. The standard InChI is InChI=1S/C45H29N5.C41H27N3.C36H24N2/c1-4-14-30(15-5-1)43-46-44(31-16-6-2-7-17-31)48-45(47-43)50-40-23-13-11-21-36(40)38-29-33(25-27-42(38)50)32-24-26-41-37(28-32)35-20-10-12-22-39(35)49(41)34-18-8-3-9-19-34;1-5-19-38-34(15-1)35-16-2-6-20-39(35)43(38)32-13-9-11-28(24-32)30-23-31(27-42-26-30)29-12-10-14-33(25-29)44-40-21-7-3-17-36(40)37-18-4-8-22-41(37)44;1-3-11-27(12-4-1)37-33-17-9-7-15-29(33)31-23-25(19-21-35(31)37)26-20-22-36-32(24-26)30-16-8-10-18-34(30)38(36)28-13-5-2-6-14-28/h1-29H;1-27H;1-24H. The summed E-state index contributed by atoms with van der Waals surface area (Å²) in [5, 5.41) is 14.9. The molecule has 0 saturated heterocycles. The topological polar surface area (TPSA) is 81.1 Å². The van der Waals surface area contributed by atoms with Crippen LogP contribution in [0.15, 0.2) is 486 Å². The van der Waals surface area contributed by atoms with E-state index in [4.69, 9.17) is 19.9 Å². The van der Waals surface area contributed by atoms with E-state index >= 15 is 0 Å². The lowest BCUT2D eigenvalue weighted by atomic mass is 10.0. The molecule has 132 heavy (non-hydrogen) atoms. The van der Waals surface area contributed by atoms with E-state index in [1.807, 2.05) is 73.1 Å². The molecule has 618 valence electrons. The van der Waals surface area contributed by atoms with E-state index in [1.54, 1.807) is 0 Å². The van der Waals surface area contributed by atoms with Crippen LogP contribution in [-0.4, -0.2) is 47.3 Å². The van der Waals surface area contributed by atoms with Crippen molar-refractivity contribution in [2.75, 3.05) is 0 Å². The van der Waals surface area contributed by atoms with Crippen LogP contribution in [0.1, 0.15) is 0 Å². The molecule has 0 atom stereocenters. The van der Waals surface area contributed by atoms with Gasteiger partial charge in [-0.15, -0.1) is 0 Å². The quantitative estimate of drug-likeness (QED) is 0.122. The molecule has 0 unspecified atom stereocenters. The number of hydrogen-bond donors (Lipinski definition) is 0. The Kier molecular flexibility index (Phi) is 18.7. The van der Waals surface area contributed by atoms with Gasteiger partial charge in [0.15, 0.2) is 11.6 Å². The monoisotopic (exact) mass is 1680 g/mol. The van der Waals surface area contributed by atoms with E-state index in [1.165, 1.54) is 137 Å². The summed E-state index contributed by atoms with van der Waals surface area (Å²) >= 11 is 0. The molecule has 0 saturated carbocycles. The summed E-state index contributed by atoms with van der Waals surface area (Å²) in [5.41, 5.74) is 31.1. The molecule has 0 radical (unpaired) electrons. The van der Waals surface area contributed by atoms with Crippen LogP contribution < -0.4 is 0 Å². The van der Waals surface area contributed by atoms with E-state index in [2.05, 4.69) is 440 Å². The van der Waals surface area contributed by atoms with Crippen molar-refractivity contribution in [3.8, 4) is 102 Å². The number of rotatable bonds is 12. The van der Waals surface area contributed by atoms with Crippen LogP contribution >= 0.6 is 0 Å². The van der Waals surface area contributed by atoms with Gasteiger partial charge in [0, 0.05) is 128 Å². The number of para-hydroxylation sites is 11. The lowest BCUT2D eigenvalue weighted by Crippen LogP contribution is -2.06. The molecule has 0 fully saturated rings. The highest BCUT2D eigenvalue weighted by atomic mass is 15.2. The third-order valence-corrected chi connectivity index (χ3v) is 26.1. The Bertz CT molecular complexity index is 8660. The third-order valence-electron chi connectivity index (χ3n) is 26.1. The first-order valence-corrected chi connectivity index (χ1v) is 44.8. The Morgan fingerprint density at radius 1 is 0.129 bits per heavy atom. The zero-order valence-corrected chi connectivity index (χ0v) is 71.7. The number of pyridine rings is 1. The van der Waals surface area contributed by atoms with E-state index in [0.29, 0.717) is 17.6 Å². The van der Waals surface area contributed by atoms with Crippen LogP contribution in [0.3, 0.4) is 0 Å². The molecule has 8 heterocycles. The van der Waals surface area contributed by atoms with Crippen molar-refractivity contribution in [1.29, 1.82) is 0 Å². The van der Waals surface area contributed by atoms with E-state index in [-0.39, 0.29) is 0 Å². The van der Waals surface area contributed by atoms with Gasteiger partial charge < -0.3 is 22.8 Å². The summed E-state index contributed by atoms with van der Waals surface area (Å²) < 4.78 is 14.0. The van der Waals surface area contributed by atoms with Crippen molar-refractivity contribution < 1.29 is 0 Å². The molecule has 27 rings (SSSR count). The fourth-order valence-electron chi connectivity index (χ4n) is 20.1. The lowest BCUT2D eigenvalue weighted by molar-refractivity contribution is 0.953. The Balaban J connectivity index is 0.000000107. The van der Waals surface area contributed by atoms with Gasteiger partial charge in [0.25, 0.3) is 0 Å². The Labute approximate surface area is 760 Å². The number of nitrogens with zero attached hydrogens (tertiary/aromatic N) is 10. The largest absolute Gasteiger partial charge is 0.309 e. The number of fused-ring (bicyclic) bond motifs is 18. The van der Waals surface area contributed by atoms with Gasteiger partial charge in [-0.2, -0.15) is 9.97 Å². The molecule has 27 aromatic rings. The highest BCUT2D eigenvalue weighted by Crippen LogP contribution is 2.44. The minimum Gasteiger partial charge on any atom is -0.309 e. The van der Waals surface area contributed by atoms with Crippen molar-refractivity contribution >= 4 is 131 Å². The lowest BCUT2D eigenvalue weighted by Gasteiger charge is -2.12. The van der Waals surface area contributed by atoms with Gasteiger partial charge >= 0.3 is 0 Å². The molecule has 0 aliphatic heterocycles. The van der Waals surface area contributed by atoms with Crippen molar-refractivity contribution in [2.45, 2.75) is 0 Å². The first-order valence-electron chi connectivity index (χ1n) is 44.8. The molecule has 19 aromatic carbocycles. The van der Waals surface area contributed by atoms with Crippen LogP contribution in [0.2, 0.25) is 0 Å². The van der Waals surface area contributed by atoms with Gasteiger partial charge in [0.1, 0.15) is 0 Å². The average molecular weight is 1690 g/mol. The van der Waals surface area contributed by atoms with Crippen LogP contribution in [0, 0.1) is 0 Å². The Morgan fingerprint density at radius 3 is 0.636 bits per heavy atom. The van der Waals surface area contributed by atoms with Gasteiger partial charge in [-0.1, -0.05) is 309 Å². The molecule has 0 spiro atoms. The van der Waals surface area contributed by atoms with Crippen molar-refractivity contribution in [3.63, 3.8) is 0 Å². The molecular weight excluding hydrogens is 1610 g/mol. The summed E-state index contributed by atoms with van der Waals surface area (Å²) in [6.45, 7) is 0. The van der Waals surface area contributed by atoms with Crippen LogP contribution in [-0.2, 0) is 0 Å². The maximum absolute atomic E-state index is 5.08. The predicted octanol–water partition coefficient (Wildman–Crippen LogP) is 31.2. The number of aromatic nitrogens is 10.